The van der Waals surface area contributed by atoms with Crippen molar-refractivity contribution in [2.24, 2.45) is 0 Å². The quantitative estimate of drug-likeness (QED) is 0.359. The number of piperazine rings is 1. The Hall–Kier alpha value is -2.09. The topological polar surface area (TPSA) is 52.6 Å². The summed E-state index contributed by atoms with van der Waals surface area (Å²) in [4.78, 5) is 27.9. The van der Waals surface area contributed by atoms with Crippen LogP contribution in [0.25, 0.3) is 6.08 Å². The van der Waals surface area contributed by atoms with Crippen LogP contribution in [-0.2, 0) is 4.79 Å². The van der Waals surface area contributed by atoms with Gasteiger partial charge in [-0.05, 0) is 18.4 Å². The molecule has 4 rings (SSSR count). The molecule has 3 heterocycles. The predicted octanol–water partition coefficient (Wildman–Crippen LogP) is 3.68. The van der Waals surface area contributed by atoms with E-state index in [1.165, 1.54) is 17.3 Å². The lowest BCUT2D eigenvalue weighted by Gasteiger charge is -2.35. The van der Waals surface area contributed by atoms with E-state index in [0.29, 0.717) is 16.1 Å². The average molecular weight is 458 g/mol. The number of likely N-dealkylation sites (tertiary alicyclic amines) is 1. The third-order valence-electron chi connectivity index (χ3n) is 5.61. The first kappa shape index (κ1) is 22.1. The van der Waals surface area contributed by atoms with Crippen molar-refractivity contribution in [3.05, 3.63) is 53.2 Å². The molecule has 0 saturated carbocycles. The van der Waals surface area contributed by atoms with Gasteiger partial charge in [0.1, 0.15) is 11.0 Å². The molecule has 2 aliphatic rings. The Bertz CT molecular complexity index is 896. The number of rotatable bonds is 7. The number of amides is 1. The van der Waals surface area contributed by atoms with Crippen molar-refractivity contribution in [3.8, 4) is 0 Å². The molecule has 0 bridgehead atoms. The predicted molar refractivity (Wildman–Crippen MR) is 128 cm³/mol. The van der Waals surface area contributed by atoms with Gasteiger partial charge in [-0.2, -0.15) is 0 Å². The van der Waals surface area contributed by atoms with Crippen LogP contribution in [0.15, 0.2) is 47.6 Å². The van der Waals surface area contributed by atoms with Gasteiger partial charge in [0.15, 0.2) is 5.16 Å². The first-order valence-electron chi connectivity index (χ1n) is 10.8. The van der Waals surface area contributed by atoms with Crippen LogP contribution >= 0.6 is 23.4 Å². The van der Waals surface area contributed by atoms with Crippen LogP contribution in [-0.4, -0.2) is 77.2 Å². The van der Waals surface area contributed by atoms with Crippen molar-refractivity contribution in [2.75, 3.05) is 56.5 Å². The fourth-order valence-corrected chi connectivity index (χ4v) is 4.84. The zero-order valence-corrected chi connectivity index (χ0v) is 19.2. The van der Waals surface area contributed by atoms with Crippen molar-refractivity contribution in [1.29, 1.82) is 0 Å². The van der Waals surface area contributed by atoms with Crippen LogP contribution in [0.1, 0.15) is 18.4 Å². The molecule has 164 valence electrons. The van der Waals surface area contributed by atoms with Gasteiger partial charge < -0.3 is 9.80 Å². The fourth-order valence-electron chi connectivity index (χ4n) is 3.86. The molecule has 0 N–H and O–H groups in total. The molecule has 31 heavy (non-hydrogen) atoms. The van der Waals surface area contributed by atoms with E-state index in [2.05, 4.69) is 56.2 Å². The Balaban J connectivity index is 1.27. The molecule has 0 atom stereocenters. The van der Waals surface area contributed by atoms with E-state index in [1.807, 2.05) is 17.0 Å². The monoisotopic (exact) mass is 457 g/mol. The molecule has 0 spiro atoms. The minimum absolute atomic E-state index is 0.157. The molecule has 2 saturated heterocycles. The van der Waals surface area contributed by atoms with Crippen LogP contribution < -0.4 is 4.90 Å². The lowest BCUT2D eigenvalue weighted by atomic mass is 10.2. The Morgan fingerprint density at radius 2 is 1.77 bits per heavy atom. The normalized spacial score (nSPS) is 17.6. The summed E-state index contributed by atoms with van der Waals surface area (Å²) >= 11 is 7.63. The highest BCUT2D eigenvalue weighted by Gasteiger charge is 2.21. The molecule has 1 aromatic carbocycles. The van der Waals surface area contributed by atoms with Gasteiger partial charge in [-0.1, -0.05) is 65.8 Å². The van der Waals surface area contributed by atoms with Gasteiger partial charge in [-0.15, -0.1) is 0 Å². The highest BCUT2D eigenvalue weighted by atomic mass is 35.5. The Labute approximate surface area is 193 Å². The summed E-state index contributed by atoms with van der Waals surface area (Å²) in [6.45, 7) is 6.39. The summed E-state index contributed by atoms with van der Waals surface area (Å²) in [5.41, 5.74) is 1.23. The average Bonchev–Trinajstić information content (AvgIpc) is 3.33. The summed E-state index contributed by atoms with van der Waals surface area (Å²) in [5.74, 6) is 1.36. The second kappa shape index (κ2) is 11.0. The molecule has 1 aromatic heterocycles. The number of hydrogen-bond donors (Lipinski definition) is 0. The minimum Gasteiger partial charge on any atom is -0.354 e. The van der Waals surface area contributed by atoms with E-state index >= 15 is 0 Å². The number of anilines is 1. The first-order chi connectivity index (χ1) is 15.2. The van der Waals surface area contributed by atoms with Gasteiger partial charge >= 0.3 is 0 Å². The molecule has 0 unspecified atom stereocenters. The highest BCUT2D eigenvalue weighted by Crippen LogP contribution is 2.23. The summed E-state index contributed by atoms with van der Waals surface area (Å²) in [6.07, 6.45) is 6.59. The molecule has 2 aromatic rings. The number of halogens is 1. The molecular formula is C23H28ClN5OS. The van der Waals surface area contributed by atoms with Crippen LogP contribution in [0.3, 0.4) is 0 Å². The standard InChI is InChI=1S/C23H28ClN5OS/c24-20-17-21(26-23(25-20)31-18-22(30)29-11-4-5-12-29)28-15-13-27(14-16-28)10-6-9-19-7-2-1-3-8-19/h1-3,6-9,17H,4-5,10-16,18H2. The van der Waals surface area contributed by atoms with Crippen molar-refractivity contribution in [1.82, 2.24) is 19.8 Å². The molecule has 2 aliphatic heterocycles. The second-order valence-electron chi connectivity index (χ2n) is 7.81. The highest BCUT2D eigenvalue weighted by molar-refractivity contribution is 7.99. The largest absolute Gasteiger partial charge is 0.354 e. The maximum absolute atomic E-state index is 12.3. The first-order valence-corrected chi connectivity index (χ1v) is 12.2. The van der Waals surface area contributed by atoms with E-state index in [1.54, 1.807) is 0 Å². The maximum Gasteiger partial charge on any atom is 0.233 e. The SMILES string of the molecule is O=C(CSc1nc(Cl)cc(N2CCN(CC=Cc3ccccc3)CC2)n1)N1CCCC1. The lowest BCUT2D eigenvalue weighted by molar-refractivity contribution is -0.127. The fraction of sp³-hybridized carbons (Fsp3) is 0.435. The summed E-state index contributed by atoms with van der Waals surface area (Å²) in [5, 5.41) is 0.998. The van der Waals surface area contributed by atoms with Crippen LogP contribution in [0, 0.1) is 0 Å². The zero-order valence-electron chi connectivity index (χ0n) is 17.6. The van der Waals surface area contributed by atoms with Gasteiger partial charge in [0, 0.05) is 51.9 Å². The van der Waals surface area contributed by atoms with Crippen LogP contribution in [0.4, 0.5) is 5.82 Å². The number of carbonyl (C=O) groups is 1. The molecule has 2 fully saturated rings. The van der Waals surface area contributed by atoms with Gasteiger partial charge in [0.2, 0.25) is 5.91 Å². The van der Waals surface area contributed by atoms with Crippen molar-refractivity contribution in [2.45, 2.75) is 18.0 Å². The van der Waals surface area contributed by atoms with Gasteiger partial charge in [-0.25, -0.2) is 9.97 Å². The van der Waals surface area contributed by atoms with Gasteiger partial charge in [0.05, 0.1) is 5.75 Å². The maximum atomic E-state index is 12.3. The Morgan fingerprint density at radius 1 is 1.03 bits per heavy atom. The van der Waals surface area contributed by atoms with E-state index in [4.69, 9.17) is 11.6 Å². The number of hydrogen-bond acceptors (Lipinski definition) is 6. The number of nitrogens with zero attached hydrogens (tertiary/aromatic N) is 5. The van der Waals surface area contributed by atoms with E-state index in [9.17, 15) is 4.79 Å². The lowest BCUT2D eigenvalue weighted by Crippen LogP contribution is -2.46. The number of carbonyl (C=O) groups excluding carboxylic acids is 1. The summed E-state index contributed by atoms with van der Waals surface area (Å²) in [6, 6.07) is 12.2. The van der Waals surface area contributed by atoms with E-state index in [0.717, 1.165) is 64.5 Å². The number of aromatic nitrogens is 2. The van der Waals surface area contributed by atoms with E-state index < -0.39 is 0 Å². The number of thioether (sulfide) groups is 1. The van der Waals surface area contributed by atoms with E-state index in [-0.39, 0.29) is 5.91 Å². The molecular weight excluding hydrogens is 430 g/mol. The van der Waals surface area contributed by atoms with Crippen molar-refractivity contribution in [3.63, 3.8) is 0 Å². The smallest absolute Gasteiger partial charge is 0.233 e. The second-order valence-corrected chi connectivity index (χ2v) is 9.14. The van der Waals surface area contributed by atoms with Gasteiger partial charge in [0.25, 0.3) is 0 Å². The molecule has 0 radical (unpaired) electrons. The van der Waals surface area contributed by atoms with Gasteiger partial charge in [-0.3, -0.25) is 9.69 Å². The third-order valence-corrected chi connectivity index (χ3v) is 6.64. The molecule has 1 amide bonds. The van der Waals surface area contributed by atoms with Crippen LogP contribution in [0.2, 0.25) is 5.15 Å². The molecule has 0 aliphatic carbocycles. The number of benzene rings is 1. The van der Waals surface area contributed by atoms with Crippen LogP contribution in [0.5, 0.6) is 0 Å². The molecule has 8 heteroatoms. The van der Waals surface area contributed by atoms with Crippen molar-refractivity contribution >= 4 is 41.2 Å². The summed E-state index contributed by atoms with van der Waals surface area (Å²) < 4.78 is 0. The Morgan fingerprint density at radius 3 is 2.52 bits per heavy atom. The van der Waals surface area contributed by atoms with Crippen molar-refractivity contribution < 1.29 is 4.79 Å². The zero-order chi connectivity index (χ0) is 21.5. The minimum atomic E-state index is 0.157. The Kier molecular flexibility index (Phi) is 7.83. The molecule has 6 nitrogen and oxygen atoms in total. The third kappa shape index (κ3) is 6.45. The summed E-state index contributed by atoms with van der Waals surface area (Å²) in [7, 11) is 0.